The average Bonchev–Trinajstić information content (AvgIpc) is 3.43. The highest BCUT2D eigenvalue weighted by atomic mass is 16.1. The molecule has 0 bridgehead atoms. The van der Waals surface area contributed by atoms with Crippen molar-refractivity contribution in [2.75, 3.05) is 0 Å². The van der Waals surface area contributed by atoms with Gasteiger partial charge < -0.3 is 5.32 Å². The fourth-order valence-corrected chi connectivity index (χ4v) is 3.23. The molecule has 3 aromatic heterocycles. The Bertz CT molecular complexity index is 1090. The number of aromatic nitrogens is 6. The van der Waals surface area contributed by atoms with Crippen molar-refractivity contribution in [3.05, 3.63) is 89.9 Å². The molecule has 0 aliphatic heterocycles. The number of nitrogens with one attached hydrogen (secondary N) is 1. The number of hydrogen-bond donors (Lipinski definition) is 1. The van der Waals surface area contributed by atoms with Crippen molar-refractivity contribution in [1.29, 1.82) is 0 Å². The number of rotatable bonds is 7. The predicted octanol–water partition coefficient (Wildman–Crippen LogP) is 2.40. The molecule has 4 aromatic rings. The van der Waals surface area contributed by atoms with Crippen LogP contribution in [0.1, 0.15) is 34.1 Å². The Hall–Kier alpha value is -3.81. The van der Waals surface area contributed by atoms with Gasteiger partial charge in [-0.3, -0.25) is 9.48 Å². The zero-order valence-electron chi connectivity index (χ0n) is 16.1. The van der Waals surface area contributed by atoms with E-state index >= 15 is 0 Å². The third-order valence-electron chi connectivity index (χ3n) is 4.65. The maximum atomic E-state index is 12.8. The van der Waals surface area contributed by atoms with E-state index in [4.69, 9.17) is 0 Å². The Morgan fingerprint density at radius 2 is 1.97 bits per heavy atom. The molecule has 4 rings (SSSR count). The molecule has 0 aliphatic carbocycles. The normalized spacial score (nSPS) is 10.8. The van der Waals surface area contributed by atoms with Crippen LogP contribution in [0.5, 0.6) is 0 Å². The molecule has 0 saturated heterocycles. The van der Waals surface area contributed by atoms with E-state index < -0.39 is 0 Å². The molecular formula is C21H21N7O. The number of hydrogen-bond acceptors (Lipinski definition) is 5. The molecule has 3 heterocycles. The molecule has 1 aromatic carbocycles. The van der Waals surface area contributed by atoms with Crippen molar-refractivity contribution >= 4 is 5.91 Å². The molecule has 29 heavy (non-hydrogen) atoms. The molecule has 0 unspecified atom stereocenters. The zero-order valence-corrected chi connectivity index (χ0v) is 16.1. The lowest BCUT2D eigenvalue weighted by molar-refractivity contribution is 0.0950. The van der Waals surface area contributed by atoms with E-state index in [0.29, 0.717) is 30.9 Å². The highest BCUT2D eigenvalue weighted by Gasteiger charge is 2.17. The van der Waals surface area contributed by atoms with Gasteiger partial charge in [-0.1, -0.05) is 43.3 Å². The molecule has 0 aliphatic rings. The standard InChI is InChI=1S/C21H21N7O/c1-2-19-18(12-25-27(19)13-16-7-4-3-5-8-16)21(29)24-11-17-9-6-10-23-20(17)28-15-22-14-26-28/h3-10,12,14-15H,2,11,13H2,1H3,(H,24,29). The molecule has 8 heteroatoms. The minimum Gasteiger partial charge on any atom is -0.348 e. The summed E-state index contributed by atoms with van der Waals surface area (Å²) in [4.78, 5) is 21.1. The lowest BCUT2D eigenvalue weighted by Crippen LogP contribution is -2.25. The van der Waals surface area contributed by atoms with Crippen molar-refractivity contribution in [3.8, 4) is 5.82 Å². The van der Waals surface area contributed by atoms with E-state index in [-0.39, 0.29) is 5.91 Å². The topological polar surface area (TPSA) is 90.5 Å². The number of pyridine rings is 1. The van der Waals surface area contributed by atoms with Crippen LogP contribution in [0.3, 0.4) is 0 Å². The van der Waals surface area contributed by atoms with Crippen LogP contribution in [0.15, 0.2) is 67.5 Å². The monoisotopic (exact) mass is 387 g/mol. The molecule has 1 amide bonds. The summed E-state index contributed by atoms with van der Waals surface area (Å²) in [5, 5.41) is 11.5. The van der Waals surface area contributed by atoms with Crippen molar-refractivity contribution in [2.24, 2.45) is 0 Å². The lowest BCUT2D eigenvalue weighted by atomic mass is 10.1. The van der Waals surface area contributed by atoms with Crippen molar-refractivity contribution in [2.45, 2.75) is 26.4 Å². The summed E-state index contributed by atoms with van der Waals surface area (Å²) in [5.74, 6) is 0.482. The molecule has 1 N–H and O–H groups in total. The van der Waals surface area contributed by atoms with Crippen LogP contribution in [0, 0.1) is 0 Å². The lowest BCUT2D eigenvalue weighted by Gasteiger charge is -2.10. The van der Waals surface area contributed by atoms with Gasteiger partial charge >= 0.3 is 0 Å². The Balaban J connectivity index is 1.50. The maximum Gasteiger partial charge on any atom is 0.255 e. The van der Waals surface area contributed by atoms with Gasteiger partial charge in [0.2, 0.25) is 0 Å². The van der Waals surface area contributed by atoms with Crippen LogP contribution in [-0.4, -0.2) is 35.4 Å². The summed E-state index contributed by atoms with van der Waals surface area (Å²) < 4.78 is 3.46. The first-order valence-corrected chi connectivity index (χ1v) is 9.42. The fourth-order valence-electron chi connectivity index (χ4n) is 3.23. The molecule has 8 nitrogen and oxygen atoms in total. The van der Waals surface area contributed by atoms with Crippen LogP contribution < -0.4 is 5.32 Å². The third kappa shape index (κ3) is 4.06. The van der Waals surface area contributed by atoms with Crippen LogP contribution in [0.2, 0.25) is 0 Å². The van der Waals surface area contributed by atoms with Crippen LogP contribution >= 0.6 is 0 Å². The maximum absolute atomic E-state index is 12.8. The first kappa shape index (κ1) is 18.5. The van der Waals surface area contributed by atoms with Crippen molar-refractivity contribution < 1.29 is 4.79 Å². The van der Waals surface area contributed by atoms with E-state index in [1.807, 2.05) is 41.9 Å². The van der Waals surface area contributed by atoms with Crippen molar-refractivity contribution in [1.82, 2.24) is 34.8 Å². The highest BCUT2D eigenvalue weighted by Crippen LogP contribution is 2.14. The van der Waals surface area contributed by atoms with Crippen LogP contribution in [-0.2, 0) is 19.5 Å². The first-order valence-electron chi connectivity index (χ1n) is 9.42. The average molecular weight is 387 g/mol. The minimum atomic E-state index is -0.158. The second-order valence-corrected chi connectivity index (χ2v) is 6.51. The molecule has 0 radical (unpaired) electrons. The number of benzene rings is 1. The van der Waals surface area contributed by atoms with Crippen LogP contribution in [0.4, 0.5) is 0 Å². The molecule has 0 saturated carbocycles. The fraction of sp³-hybridized carbons (Fsp3) is 0.190. The predicted molar refractivity (Wildman–Crippen MR) is 107 cm³/mol. The number of carbonyl (C=O) groups excluding carboxylic acids is 1. The van der Waals surface area contributed by atoms with Crippen LogP contribution in [0.25, 0.3) is 5.82 Å². The van der Waals surface area contributed by atoms with Gasteiger partial charge in [-0.05, 0) is 18.1 Å². The van der Waals surface area contributed by atoms with Crippen molar-refractivity contribution in [3.63, 3.8) is 0 Å². The molecular weight excluding hydrogens is 366 g/mol. The Kier molecular flexibility index (Phi) is 5.42. The largest absolute Gasteiger partial charge is 0.348 e. The zero-order chi connectivity index (χ0) is 20.1. The SMILES string of the molecule is CCc1c(C(=O)NCc2cccnc2-n2cncn2)cnn1Cc1ccccc1. The number of carbonyl (C=O) groups is 1. The Morgan fingerprint density at radius 1 is 1.10 bits per heavy atom. The number of nitrogens with zero attached hydrogens (tertiary/aromatic N) is 6. The molecule has 0 atom stereocenters. The van der Waals surface area contributed by atoms with E-state index in [1.54, 1.807) is 23.4 Å². The molecule has 0 fully saturated rings. The van der Waals surface area contributed by atoms with E-state index in [0.717, 1.165) is 16.8 Å². The summed E-state index contributed by atoms with van der Waals surface area (Å²) in [6, 6.07) is 13.8. The van der Waals surface area contributed by atoms with E-state index in [1.165, 1.54) is 6.33 Å². The number of amides is 1. The van der Waals surface area contributed by atoms with Gasteiger partial charge in [-0.15, -0.1) is 0 Å². The molecule has 146 valence electrons. The Labute approximate surface area is 168 Å². The summed E-state index contributed by atoms with van der Waals surface area (Å²) in [6.07, 6.45) is 7.07. The van der Waals surface area contributed by atoms with E-state index in [2.05, 4.69) is 37.6 Å². The first-order chi connectivity index (χ1) is 14.3. The van der Waals surface area contributed by atoms with E-state index in [9.17, 15) is 4.79 Å². The summed E-state index contributed by atoms with van der Waals surface area (Å²) >= 11 is 0. The molecule has 0 spiro atoms. The van der Waals surface area contributed by atoms with Gasteiger partial charge in [0, 0.05) is 18.3 Å². The Morgan fingerprint density at radius 3 is 2.72 bits per heavy atom. The van der Waals surface area contributed by atoms with Gasteiger partial charge in [0.1, 0.15) is 12.7 Å². The van der Waals surface area contributed by atoms with Gasteiger partial charge in [0.05, 0.1) is 24.0 Å². The van der Waals surface area contributed by atoms with Gasteiger partial charge in [-0.2, -0.15) is 10.2 Å². The smallest absolute Gasteiger partial charge is 0.255 e. The van der Waals surface area contributed by atoms with Gasteiger partial charge in [0.25, 0.3) is 5.91 Å². The quantitative estimate of drug-likeness (QED) is 0.526. The minimum absolute atomic E-state index is 0.158. The highest BCUT2D eigenvalue weighted by molar-refractivity contribution is 5.95. The van der Waals surface area contributed by atoms with Gasteiger partial charge in [-0.25, -0.2) is 14.6 Å². The summed E-state index contributed by atoms with van der Waals surface area (Å²) in [6.45, 7) is 2.99. The van der Waals surface area contributed by atoms with Gasteiger partial charge in [0.15, 0.2) is 5.82 Å². The third-order valence-corrected chi connectivity index (χ3v) is 4.65. The second kappa shape index (κ2) is 8.47. The summed E-state index contributed by atoms with van der Waals surface area (Å²) in [7, 11) is 0. The second-order valence-electron chi connectivity index (χ2n) is 6.51. The summed E-state index contributed by atoms with van der Waals surface area (Å²) in [5.41, 5.74) is 3.50.